The summed E-state index contributed by atoms with van der Waals surface area (Å²) >= 11 is 5.79. The fourth-order valence-corrected chi connectivity index (χ4v) is 4.90. The molecule has 2 aromatic heterocycles. The molecule has 30 heavy (non-hydrogen) atoms. The van der Waals surface area contributed by atoms with Gasteiger partial charge in [0.05, 0.1) is 17.8 Å². The molecule has 0 radical (unpaired) electrons. The second-order valence-corrected chi connectivity index (χ2v) is 9.06. The van der Waals surface area contributed by atoms with Gasteiger partial charge in [0.2, 0.25) is 0 Å². The van der Waals surface area contributed by atoms with Gasteiger partial charge in [-0.3, -0.25) is 4.98 Å². The number of thiocarbonyl (C=S) groups is 1. The molecule has 0 spiro atoms. The van der Waals surface area contributed by atoms with Crippen LogP contribution in [0.3, 0.4) is 0 Å². The molecule has 3 heterocycles. The van der Waals surface area contributed by atoms with Gasteiger partial charge >= 0.3 is 0 Å². The first kappa shape index (κ1) is 20.6. The van der Waals surface area contributed by atoms with E-state index in [9.17, 15) is 0 Å². The molecule has 5 heteroatoms. The minimum Gasteiger partial charge on any atom is -0.352 e. The van der Waals surface area contributed by atoms with Gasteiger partial charge in [0.1, 0.15) is 0 Å². The molecule has 0 aliphatic carbocycles. The van der Waals surface area contributed by atoms with E-state index < -0.39 is 0 Å². The molecule has 1 aromatic carbocycles. The van der Waals surface area contributed by atoms with Crippen LogP contribution in [0.1, 0.15) is 54.1 Å². The summed E-state index contributed by atoms with van der Waals surface area (Å²) < 4.78 is 2.35. The van der Waals surface area contributed by atoms with E-state index in [1.54, 1.807) is 0 Å². The summed E-state index contributed by atoms with van der Waals surface area (Å²) in [5, 5.41) is 4.37. The summed E-state index contributed by atoms with van der Waals surface area (Å²) in [6.07, 6.45) is 1.86. The summed E-state index contributed by atoms with van der Waals surface area (Å²) in [4.78, 5) is 7.01. The zero-order valence-electron chi connectivity index (χ0n) is 18.4. The van der Waals surface area contributed by atoms with Gasteiger partial charge in [0.15, 0.2) is 5.11 Å². The number of nitrogens with one attached hydrogen (secondary N) is 1. The minimum atomic E-state index is 0.0314. The van der Waals surface area contributed by atoms with Crippen molar-refractivity contribution in [3.63, 3.8) is 0 Å². The highest BCUT2D eigenvalue weighted by Crippen LogP contribution is 2.41. The Morgan fingerprint density at radius 2 is 1.87 bits per heavy atom. The van der Waals surface area contributed by atoms with Gasteiger partial charge in [-0.25, -0.2) is 0 Å². The van der Waals surface area contributed by atoms with E-state index in [1.807, 2.05) is 18.3 Å². The summed E-state index contributed by atoms with van der Waals surface area (Å²) in [7, 11) is 0. The topological polar surface area (TPSA) is 33.1 Å². The lowest BCUT2D eigenvalue weighted by molar-refractivity contribution is 0.287. The predicted molar refractivity (Wildman–Crippen MR) is 127 cm³/mol. The van der Waals surface area contributed by atoms with Crippen molar-refractivity contribution in [1.82, 2.24) is 19.8 Å². The maximum Gasteiger partial charge on any atom is 0.170 e. The second kappa shape index (κ2) is 8.23. The Morgan fingerprint density at radius 3 is 2.53 bits per heavy atom. The molecule has 0 bridgehead atoms. The molecule has 3 aromatic rings. The Balaban J connectivity index is 1.84. The summed E-state index contributed by atoms with van der Waals surface area (Å²) in [5.74, 6) is 0.509. The van der Waals surface area contributed by atoms with Crippen molar-refractivity contribution in [2.24, 2.45) is 5.92 Å². The van der Waals surface area contributed by atoms with Crippen molar-refractivity contribution < 1.29 is 0 Å². The quantitative estimate of drug-likeness (QED) is 0.561. The Labute approximate surface area is 184 Å². The van der Waals surface area contributed by atoms with Crippen molar-refractivity contribution in [2.75, 3.05) is 6.54 Å². The van der Waals surface area contributed by atoms with Gasteiger partial charge in [0.25, 0.3) is 0 Å². The zero-order valence-corrected chi connectivity index (χ0v) is 19.2. The first-order valence-electron chi connectivity index (χ1n) is 10.6. The number of aryl methyl sites for hydroxylation is 2. The van der Waals surface area contributed by atoms with Gasteiger partial charge in [-0.1, -0.05) is 32.0 Å². The van der Waals surface area contributed by atoms with E-state index in [-0.39, 0.29) is 12.1 Å². The standard InChI is InChI=1S/C25H30N4S/c1-16(2)15-28-24(23(27-25(28)30)22-11-6-7-12-26-22)21-14-18(4)29(19(21)5)20-10-8-9-17(3)13-20/h6-14,16,23-24H,15H2,1-5H3,(H,27,30). The highest BCUT2D eigenvalue weighted by molar-refractivity contribution is 7.80. The van der Waals surface area contributed by atoms with Crippen LogP contribution in [0, 0.1) is 26.7 Å². The average Bonchev–Trinajstić information content (AvgIpc) is 3.18. The molecule has 4 nitrogen and oxygen atoms in total. The molecule has 0 saturated carbocycles. The lowest BCUT2D eigenvalue weighted by Gasteiger charge is -2.29. The first-order valence-corrected chi connectivity index (χ1v) is 11.0. The molecule has 1 fully saturated rings. The Morgan fingerprint density at radius 1 is 1.07 bits per heavy atom. The molecule has 0 amide bonds. The van der Waals surface area contributed by atoms with Crippen LogP contribution in [-0.4, -0.2) is 26.1 Å². The summed E-state index contributed by atoms with van der Waals surface area (Å²) in [5.41, 5.74) is 7.28. The molecule has 1 N–H and O–H groups in total. The minimum absolute atomic E-state index is 0.0314. The molecule has 2 unspecified atom stereocenters. The van der Waals surface area contributed by atoms with Gasteiger partial charge in [-0.05, 0) is 80.4 Å². The number of hydrogen-bond acceptors (Lipinski definition) is 2. The molecule has 156 valence electrons. The van der Waals surface area contributed by atoms with Gasteiger partial charge in [0, 0.05) is 29.8 Å². The largest absolute Gasteiger partial charge is 0.352 e. The van der Waals surface area contributed by atoms with Crippen LogP contribution in [0.2, 0.25) is 0 Å². The highest BCUT2D eigenvalue weighted by atomic mass is 32.1. The monoisotopic (exact) mass is 418 g/mol. The molecule has 1 saturated heterocycles. The van der Waals surface area contributed by atoms with Crippen molar-refractivity contribution in [3.8, 4) is 5.69 Å². The van der Waals surface area contributed by atoms with Gasteiger partial charge in [-0.15, -0.1) is 0 Å². The second-order valence-electron chi connectivity index (χ2n) is 8.67. The highest BCUT2D eigenvalue weighted by Gasteiger charge is 2.41. The summed E-state index contributed by atoms with van der Waals surface area (Å²) in [6.45, 7) is 11.9. The third-order valence-corrected chi connectivity index (χ3v) is 6.16. The molecule has 1 aliphatic heterocycles. The third-order valence-electron chi connectivity index (χ3n) is 5.81. The third kappa shape index (κ3) is 3.74. The Kier molecular flexibility index (Phi) is 5.65. The first-order chi connectivity index (χ1) is 14.4. The van der Waals surface area contributed by atoms with Gasteiger partial charge < -0.3 is 14.8 Å². The number of pyridine rings is 1. The van der Waals surface area contributed by atoms with Crippen LogP contribution in [0.5, 0.6) is 0 Å². The van der Waals surface area contributed by atoms with Crippen molar-refractivity contribution >= 4 is 17.3 Å². The van der Waals surface area contributed by atoms with Crippen molar-refractivity contribution in [1.29, 1.82) is 0 Å². The molecular formula is C25H30N4S. The maximum atomic E-state index is 5.79. The number of aromatic nitrogens is 2. The normalized spacial score (nSPS) is 18.9. The van der Waals surface area contributed by atoms with E-state index in [2.05, 4.69) is 90.8 Å². The number of hydrogen-bond donors (Lipinski definition) is 1. The number of nitrogens with zero attached hydrogens (tertiary/aromatic N) is 3. The van der Waals surface area contributed by atoms with Crippen LogP contribution < -0.4 is 5.32 Å². The molecule has 4 rings (SSSR count). The number of rotatable bonds is 5. The smallest absolute Gasteiger partial charge is 0.170 e. The van der Waals surface area contributed by atoms with Crippen LogP contribution in [-0.2, 0) is 0 Å². The molecule has 2 atom stereocenters. The fourth-order valence-electron chi connectivity index (χ4n) is 4.59. The lowest BCUT2D eigenvalue weighted by Crippen LogP contribution is -2.33. The predicted octanol–water partition coefficient (Wildman–Crippen LogP) is 5.43. The van der Waals surface area contributed by atoms with E-state index >= 15 is 0 Å². The fraction of sp³-hybridized carbons (Fsp3) is 0.360. The average molecular weight is 419 g/mol. The van der Waals surface area contributed by atoms with Crippen LogP contribution in [0.25, 0.3) is 5.69 Å². The van der Waals surface area contributed by atoms with Crippen LogP contribution in [0.15, 0.2) is 54.7 Å². The Hall–Kier alpha value is -2.66. The van der Waals surface area contributed by atoms with E-state index in [4.69, 9.17) is 12.2 Å². The van der Waals surface area contributed by atoms with Crippen molar-refractivity contribution in [2.45, 2.75) is 46.7 Å². The van der Waals surface area contributed by atoms with Crippen molar-refractivity contribution in [3.05, 3.63) is 82.9 Å². The van der Waals surface area contributed by atoms with E-state index in [1.165, 1.54) is 28.2 Å². The number of benzene rings is 1. The lowest BCUT2D eigenvalue weighted by atomic mass is 9.96. The van der Waals surface area contributed by atoms with E-state index in [0.29, 0.717) is 5.92 Å². The van der Waals surface area contributed by atoms with Crippen LogP contribution >= 0.6 is 12.2 Å². The maximum absolute atomic E-state index is 5.79. The SMILES string of the molecule is Cc1cccc(-n2c(C)cc(C3C(c4ccccn4)NC(=S)N3CC(C)C)c2C)c1. The Bertz CT molecular complexity index is 1050. The summed E-state index contributed by atoms with van der Waals surface area (Å²) in [6, 6.07) is 17.2. The van der Waals surface area contributed by atoms with Gasteiger partial charge in [-0.2, -0.15) is 0 Å². The van der Waals surface area contributed by atoms with E-state index in [0.717, 1.165) is 17.4 Å². The zero-order chi connectivity index (χ0) is 21.4. The molecule has 1 aliphatic rings. The molecular weight excluding hydrogens is 388 g/mol. The van der Waals surface area contributed by atoms with Crippen LogP contribution in [0.4, 0.5) is 0 Å².